The minimum absolute atomic E-state index is 0.206. The molecule has 3 aromatic carbocycles. The van der Waals surface area contributed by atoms with Crippen LogP contribution in [0.5, 0.6) is 23.0 Å². The Morgan fingerprint density at radius 2 is 1.65 bits per heavy atom. The third-order valence-corrected chi connectivity index (χ3v) is 4.87. The molecule has 10 heteroatoms. The van der Waals surface area contributed by atoms with E-state index in [-0.39, 0.29) is 11.5 Å². The van der Waals surface area contributed by atoms with Crippen LogP contribution in [0.15, 0.2) is 71.8 Å². The van der Waals surface area contributed by atoms with E-state index in [2.05, 4.69) is 15.8 Å². The fourth-order valence-electron chi connectivity index (χ4n) is 3.02. The molecule has 0 fully saturated rings. The summed E-state index contributed by atoms with van der Waals surface area (Å²) in [6.45, 7) is 2.60. The lowest BCUT2D eigenvalue weighted by molar-refractivity contribution is -0.136. The molecule has 0 heterocycles. The third-order valence-electron chi connectivity index (χ3n) is 4.87. The lowest BCUT2D eigenvalue weighted by Gasteiger charge is -2.10. The van der Waals surface area contributed by atoms with Crippen LogP contribution < -0.4 is 29.7 Å². The fraction of sp³-hybridized carbons (Fsp3) is 0.185. The highest BCUT2D eigenvalue weighted by Gasteiger charge is 2.15. The average molecular weight is 506 g/mol. The van der Waals surface area contributed by atoms with Gasteiger partial charge in [0.25, 0.3) is 0 Å². The van der Waals surface area contributed by atoms with Crippen molar-refractivity contribution in [3.05, 3.63) is 77.9 Å². The van der Waals surface area contributed by atoms with E-state index in [0.29, 0.717) is 34.9 Å². The lowest BCUT2D eigenvalue weighted by Crippen LogP contribution is -2.32. The number of methoxy groups -OCH3 is 2. The van der Waals surface area contributed by atoms with E-state index in [1.807, 2.05) is 6.92 Å². The van der Waals surface area contributed by atoms with Gasteiger partial charge in [-0.1, -0.05) is 13.0 Å². The van der Waals surface area contributed by atoms with Gasteiger partial charge in [-0.3, -0.25) is 9.59 Å². The van der Waals surface area contributed by atoms with Crippen LogP contribution >= 0.6 is 0 Å². The molecule has 0 aliphatic carbocycles. The number of nitrogens with zero attached hydrogens (tertiary/aromatic N) is 1. The quantitative estimate of drug-likeness (QED) is 0.141. The highest BCUT2D eigenvalue weighted by Crippen LogP contribution is 2.28. The number of benzene rings is 3. The summed E-state index contributed by atoms with van der Waals surface area (Å²) < 4.78 is 21.4. The largest absolute Gasteiger partial charge is 0.497 e. The molecule has 0 radical (unpaired) electrons. The summed E-state index contributed by atoms with van der Waals surface area (Å²) in [7, 11) is 2.93. The Bertz CT molecular complexity index is 1270. The van der Waals surface area contributed by atoms with Crippen molar-refractivity contribution in [2.75, 3.05) is 26.1 Å². The summed E-state index contributed by atoms with van der Waals surface area (Å²) in [4.78, 5) is 36.6. The second-order valence-corrected chi connectivity index (χ2v) is 7.56. The van der Waals surface area contributed by atoms with Gasteiger partial charge in [-0.05, 0) is 66.6 Å². The molecule has 0 saturated carbocycles. The SMILES string of the molecule is CCCOc1ccc(C(=O)Oc2ccc(/C=N\NC(=O)C(=O)Nc3cccc(OC)c3)cc2OC)cc1. The van der Waals surface area contributed by atoms with Gasteiger partial charge in [0.2, 0.25) is 0 Å². The minimum Gasteiger partial charge on any atom is -0.497 e. The number of hydrogen-bond acceptors (Lipinski definition) is 8. The maximum atomic E-state index is 12.5. The zero-order chi connectivity index (χ0) is 26.6. The number of amides is 2. The molecular weight excluding hydrogens is 478 g/mol. The Morgan fingerprint density at radius 1 is 0.865 bits per heavy atom. The van der Waals surface area contributed by atoms with Gasteiger partial charge in [0.05, 0.1) is 32.6 Å². The summed E-state index contributed by atoms with van der Waals surface area (Å²) in [5.74, 6) is -0.715. The molecule has 0 aromatic heterocycles. The zero-order valence-electron chi connectivity index (χ0n) is 20.6. The maximum Gasteiger partial charge on any atom is 0.343 e. The van der Waals surface area contributed by atoms with Crippen LogP contribution in [0.25, 0.3) is 0 Å². The second-order valence-electron chi connectivity index (χ2n) is 7.56. The molecule has 0 spiro atoms. The topological polar surface area (TPSA) is 125 Å². The standard InChI is InChI=1S/C27H27N3O7/c1-4-14-36-21-11-9-19(10-12-21)27(33)37-23-13-8-18(15-24(23)35-3)17-28-30-26(32)25(31)29-20-6-5-7-22(16-20)34-2/h5-13,15-17H,4,14H2,1-3H3,(H,29,31)(H,30,32)/b28-17-. The van der Waals surface area contributed by atoms with Crippen molar-refractivity contribution in [3.63, 3.8) is 0 Å². The summed E-state index contributed by atoms with van der Waals surface area (Å²) in [5, 5.41) is 6.25. The molecule has 0 bridgehead atoms. The van der Waals surface area contributed by atoms with Gasteiger partial charge in [0.1, 0.15) is 11.5 Å². The molecule has 192 valence electrons. The third kappa shape index (κ3) is 7.82. The molecule has 0 saturated heterocycles. The van der Waals surface area contributed by atoms with Crippen LogP contribution in [0.4, 0.5) is 5.69 Å². The van der Waals surface area contributed by atoms with Crippen molar-refractivity contribution in [3.8, 4) is 23.0 Å². The first-order valence-electron chi connectivity index (χ1n) is 11.3. The number of carbonyl (C=O) groups is 3. The zero-order valence-corrected chi connectivity index (χ0v) is 20.6. The van der Waals surface area contributed by atoms with Crippen LogP contribution in [0.2, 0.25) is 0 Å². The van der Waals surface area contributed by atoms with E-state index in [0.717, 1.165) is 6.42 Å². The number of hydrogen-bond donors (Lipinski definition) is 2. The first-order chi connectivity index (χ1) is 17.9. The van der Waals surface area contributed by atoms with E-state index < -0.39 is 17.8 Å². The number of anilines is 1. The van der Waals surface area contributed by atoms with Gasteiger partial charge in [0.15, 0.2) is 11.5 Å². The maximum absolute atomic E-state index is 12.5. The highest BCUT2D eigenvalue weighted by molar-refractivity contribution is 6.39. The number of esters is 1. The molecule has 3 aromatic rings. The first-order valence-corrected chi connectivity index (χ1v) is 11.3. The average Bonchev–Trinajstić information content (AvgIpc) is 2.92. The number of hydrazone groups is 1. The van der Waals surface area contributed by atoms with Gasteiger partial charge in [0, 0.05) is 11.8 Å². The van der Waals surface area contributed by atoms with Crippen LogP contribution in [0, 0.1) is 0 Å². The normalized spacial score (nSPS) is 10.5. The van der Waals surface area contributed by atoms with Crippen molar-refractivity contribution in [1.82, 2.24) is 5.43 Å². The predicted molar refractivity (Wildman–Crippen MR) is 138 cm³/mol. The fourth-order valence-corrected chi connectivity index (χ4v) is 3.02. The van der Waals surface area contributed by atoms with Gasteiger partial charge < -0.3 is 24.3 Å². The predicted octanol–water partition coefficient (Wildman–Crippen LogP) is 3.80. The molecule has 0 aliphatic rings. The summed E-state index contributed by atoms with van der Waals surface area (Å²) >= 11 is 0. The van der Waals surface area contributed by atoms with Gasteiger partial charge >= 0.3 is 17.8 Å². The first kappa shape index (κ1) is 26.7. The van der Waals surface area contributed by atoms with Crippen molar-refractivity contribution in [1.29, 1.82) is 0 Å². The lowest BCUT2D eigenvalue weighted by atomic mass is 10.2. The van der Waals surface area contributed by atoms with E-state index >= 15 is 0 Å². The molecule has 3 rings (SSSR count). The Morgan fingerprint density at radius 3 is 2.35 bits per heavy atom. The molecule has 2 N–H and O–H groups in total. The van der Waals surface area contributed by atoms with E-state index in [4.69, 9.17) is 18.9 Å². The molecule has 0 atom stereocenters. The van der Waals surface area contributed by atoms with Crippen LogP contribution in [-0.4, -0.2) is 44.8 Å². The Kier molecular flexibility index (Phi) is 9.60. The van der Waals surface area contributed by atoms with Crippen LogP contribution in [-0.2, 0) is 9.59 Å². The highest BCUT2D eigenvalue weighted by atomic mass is 16.6. The number of carbonyl (C=O) groups excluding carboxylic acids is 3. The van der Waals surface area contributed by atoms with Crippen molar-refractivity contribution >= 4 is 29.7 Å². The van der Waals surface area contributed by atoms with Crippen LogP contribution in [0.3, 0.4) is 0 Å². The van der Waals surface area contributed by atoms with Gasteiger partial charge in [-0.15, -0.1) is 0 Å². The second kappa shape index (κ2) is 13.3. The molecule has 2 amide bonds. The monoisotopic (exact) mass is 505 g/mol. The summed E-state index contributed by atoms with van der Waals surface area (Å²) in [6.07, 6.45) is 2.20. The van der Waals surface area contributed by atoms with E-state index in [1.54, 1.807) is 60.7 Å². The molecule has 10 nitrogen and oxygen atoms in total. The number of nitrogens with one attached hydrogen (secondary N) is 2. The van der Waals surface area contributed by atoms with Crippen molar-refractivity contribution in [2.24, 2.45) is 5.10 Å². The Labute approximate surface area is 214 Å². The van der Waals surface area contributed by atoms with Gasteiger partial charge in [-0.2, -0.15) is 5.10 Å². The molecule has 0 aliphatic heterocycles. The number of ether oxygens (including phenoxy) is 4. The van der Waals surface area contributed by atoms with E-state index in [9.17, 15) is 14.4 Å². The van der Waals surface area contributed by atoms with Crippen molar-refractivity contribution in [2.45, 2.75) is 13.3 Å². The Balaban J connectivity index is 1.57. The van der Waals surface area contributed by atoms with Gasteiger partial charge in [-0.25, -0.2) is 10.2 Å². The van der Waals surface area contributed by atoms with E-state index in [1.165, 1.54) is 26.5 Å². The van der Waals surface area contributed by atoms with Crippen LogP contribution in [0.1, 0.15) is 29.3 Å². The molecule has 37 heavy (non-hydrogen) atoms. The minimum atomic E-state index is -0.956. The number of rotatable bonds is 10. The van der Waals surface area contributed by atoms with Crippen molar-refractivity contribution < 1.29 is 33.3 Å². The molecular formula is C27H27N3O7. The smallest absolute Gasteiger partial charge is 0.343 e. The Hall–Kier alpha value is -4.86. The molecule has 0 unspecified atom stereocenters. The summed E-state index contributed by atoms with van der Waals surface area (Å²) in [5.41, 5.74) is 3.44. The summed E-state index contributed by atoms with van der Waals surface area (Å²) in [6, 6.07) is 17.9.